The summed E-state index contributed by atoms with van der Waals surface area (Å²) in [5, 5.41) is 3.94. The van der Waals surface area contributed by atoms with Crippen LogP contribution in [0.3, 0.4) is 0 Å². The Bertz CT molecular complexity index is 798. The molecule has 0 radical (unpaired) electrons. The molecule has 3 heterocycles. The molecule has 0 saturated heterocycles. The molecule has 3 rings (SSSR count). The van der Waals surface area contributed by atoms with Crippen LogP contribution in [0.1, 0.15) is 38.1 Å². The molecular formula is C14H20N4O3S. The van der Waals surface area contributed by atoms with E-state index in [9.17, 15) is 8.42 Å². The van der Waals surface area contributed by atoms with Crippen LogP contribution in [0.4, 0.5) is 0 Å². The predicted molar refractivity (Wildman–Crippen MR) is 79.7 cm³/mol. The molecule has 0 saturated carbocycles. The number of hydrogen-bond acceptors (Lipinski definition) is 5. The summed E-state index contributed by atoms with van der Waals surface area (Å²) < 4.78 is 34.0. The lowest BCUT2D eigenvalue weighted by Crippen LogP contribution is -2.35. The molecule has 0 spiro atoms. The Morgan fingerprint density at radius 2 is 2.05 bits per heavy atom. The molecule has 0 N–H and O–H groups in total. The summed E-state index contributed by atoms with van der Waals surface area (Å²) >= 11 is 0. The van der Waals surface area contributed by atoms with Crippen molar-refractivity contribution >= 4 is 10.0 Å². The first-order chi connectivity index (χ1) is 10.2. The smallest absolute Gasteiger partial charge is 0.246 e. The maximum atomic E-state index is 12.6. The molecule has 0 bridgehead atoms. The van der Waals surface area contributed by atoms with Gasteiger partial charge in [0.25, 0.3) is 0 Å². The Morgan fingerprint density at radius 1 is 1.32 bits per heavy atom. The second-order valence-corrected chi connectivity index (χ2v) is 8.52. The van der Waals surface area contributed by atoms with Gasteiger partial charge >= 0.3 is 0 Å². The first-order valence-corrected chi connectivity index (χ1v) is 8.60. The van der Waals surface area contributed by atoms with Gasteiger partial charge in [-0.1, -0.05) is 20.8 Å². The molecule has 0 atom stereocenters. The van der Waals surface area contributed by atoms with Gasteiger partial charge in [0, 0.05) is 31.6 Å². The molecule has 7 nitrogen and oxygen atoms in total. The summed E-state index contributed by atoms with van der Waals surface area (Å²) in [5.74, 6) is 1.45. The maximum Gasteiger partial charge on any atom is 0.246 e. The Morgan fingerprint density at radius 3 is 2.64 bits per heavy atom. The van der Waals surface area contributed by atoms with Crippen molar-refractivity contribution in [3.8, 4) is 0 Å². The highest BCUT2D eigenvalue weighted by molar-refractivity contribution is 7.89. The summed E-state index contributed by atoms with van der Waals surface area (Å²) in [6.45, 7) is 6.70. The number of sulfonamides is 1. The van der Waals surface area contributed by atoms with E-state index in [2.05, 4.69) is 10.1 Å². The third kappa shape index (κ3) is 2.56. The zero-order valence-corrected chi connectivity index (χ0v) is 14.0. The van der Waals surface area contributed by atoms with Gasteiger partial charge in [-0.15, -0.1) is 0 Å². The van der Waals surface area contributed by atoms with Gasteiger partial charge in [0.1, 0.15) is 10.7 Å². The van der Waals surface area contributed by atoms with Gasteiger partial charge in [-0.3, -0.25) is 4.68 Å². The third-order valence-corrected chi connectivity index (χ3v) is 5.45. The minimum absolute atomic E-state index is 0.190. The maximum absolute atomic E-state index is 12.6. The molecule has 0 unspecified atom stereocenters. The summed E-state index contributed by atoms with van der Waals surface area (Å²) in [4.78, 5) is 4.70. The summed E-state index contributed by atoms with van der Waals surface area (Å²) in [7, 11) is -1.85. The lowest BCUT2D eigenvalue weighted by molar-refractivity contribution is 0.338. The number of oxazole rings is 1. The molecule has 120 valence electrons. The van der Waals surface area contributed by atoms with Crippen molar-refractivity contribution in [1.82, 2.24) is 19.1 Å². The molecule has 8 heteroatoms. The number of aryl methyl sites for hydroxylation is 1. The van der Waals surface area contributed by atoms with Gasteiger partial charge in [0.15, 0.2) is 5.89 Å². The van der Waals surface area contributed by atoms with Crippen LogP contribution in [0.2, 0.25) is 0 Å². The van der Waals surface area contributed by atoms with Crippen molar-refractivity contribution in [3.63, 3.8) is 0 Å². The highest BCUT2D eigenvalue weighted by Gasteiger charge is 2.33. The fourth-order valence-corrected chi connectivity index (χ4v) is 3.77. The topological polar surface area (TPSA) is 81.2 Å². The largest absolute Gasteiger partial charge is 0.445 e. The standard InChI is InChI=1S/C14H20N4O3S/c1-14(2,3)13-16-11-9-18(6-5-12(11)21-13)22(19,20)10-7-15-17(4)8-10/h7-8H,5-6,9H2,1-4H3. The molecule has 1 aliphatic heterocycles. The van der Waals surface area contributed by atoms with Gasteiger partial charge in [-0.2, -0.15) is 9.40 Å². The number of aromatic nitrogens is 3. The molecular weight excluding hydrogens is 304 g/mol. The van der Waals surface area contributed by atoms with E-state index in [0.29, 0.717) is 24.6 Å². The van der Waals surface area contributed by atoms with Gasteiger partial charge in [-0.05, 0) is 0 Å². The van der Waals surface area contributed by atoms with Crippen LogP contribution in [0.15, 0.2) is 21.7 Å². The van der Waals surface area contributed by atoms with Crippen LogP contribution in [0.5, 0.6) is 0 Å². The van der Waals surface area contributed by atoms with Crippen LogP contribution in [-0.4, -0.2) is 34.0 Å². The van der Waals surface area contributed by atoms with E-state index in [1.807, 2.05) is 20.8 Å². The number of fused-ring (bicyclic) bond motifs is 1. The van der Waals surface area contributed by atoms with Crippen molar-refractivity contribution in [1.29, 1.82) is 0 Å². The van der Waals surface area contributed by atoms with E-state index in [1.54, 1.807) is 7.05 Å². The third-order valence-electron chi connectivity index (χ3n) is 3.65. The minimum Gasteiger partial charge on any atom is -0.445 e. The van der Waals surface area contributed by atoms with E-state index in [0.717, 1.165) is 5.76 Å². The van der Waals surface area contributed by atoms with Crippen molar-refractivity contribution < 1.29 is 12.8 Å². The molecule has 1 aliphatic rings. The SMILES string of the molecule is Cn1cc(S(=O)(=O)N2CCc3oc(C(C)(C)C)nc3C2)cn1. The van der Waals surface area contributed by atoms with Gasteiger partial charge in [0.05, 0.1) is 18.4 Å². The van der Waals surface area contributed by atoms with E-state index >= 15 is 0 Å². The normalized spacial score (nSPS) is 16.7. The summed E-state index contributed by atoms with van der Waals surface area (Å²) in [5.41, 5.74) is 0.522. The van der Waals surface area contributed by atoms with Crippen molar-refractivity contribution in [2.24, 2.45) is 7.05 Å². The van der Waals surface area contributed by atoms with Crippen LogP contribution < -0.4 is 0 Å². The van der Waals surface area contributed by atoms with Crippen LogP contribution in [0.25, 0.3) is 0 Å². The lowest BCUT2D eigenvalue weighted by Gasteiger charge is -2.23. The van der Waals surface area contributed by atoms with Crippen molar-refractivity contribution in [2.75, 3.05) is 6.54 Å². The van der Waals surface area contributed by atoms with E-state index in [1.165, 1.54) is 21.4 Å². The zero-order valence-electron chi connectivity index (χ0n) is 13.2. The minimum atomic E-state index is -3.54. The Balaban J connectivity index is 1.90. The molecule has 22 heavy (non-hydrogen) atoms. The first-order valence-electron chi connectivity index (χ1n) is 7.16. The average Bonchev–Trinajstić information content (AvgIpc) is 3.03. The summed E-state index contributed by atoms with van der Waals surface area (Å²) in [6.07, 6.45) is 3.42. The van der Waals surface area contributed by atoms with Crippen LogP contribution >= 0.6 is 0 Å². The predicted octanol–water partition coefficient (Wildman–Crippen LogP) is 1.45. The average molecular weight is 324 g/mol. The number of nitrogens with zero attached hydrogens (tertiary/aromatic N) is 4. The highest BCUT2D eigenvalue weighted by Crippen LogP contribution is 2.29. The van der Waals surface area contributed by atoms with E-state index < -0.39 is 10.0 Å². The van der Waals surface area contributed by atoms with Gasteiger partial charge in [-0.25, -0.2) is 13.4 Å². The zero-order chi connectivity index (χ0) is 16.1. The van der Waals surface area contributed by atoms with Crippen molar-refractivity contribution in [3.05, 3.63) is 29.7 Å². The number of rotatable bonds is 2. The monoisotopic (exact) mass is 324 g/mol. The van der Waals surface area contributed by atoms with Crippen LogP contribution in [0, 0.1) is 0 Å². The Kier molecular flexibility index (Phi) is 3.41. The Hall–Kier alpha value is -1.67. The quantitative estimate of drug-likeness (QED) is 0.835. The van der Waals surface area contributed by atoms with Gasteiger partial charge < -0.3 is 4.42 Å². The second kappa shape index (κ2) is 4.92. The Labute approximate surface area is 130 Å². The van der Waals surface area contributed by atoms with Crippen LogP contribution in [-0.2, 0) is 35.5 Å². The molecule has 0 amide bonds. The molecule has 2 aromatic rings. The van der Waals surface area contributed by atoms with E-state index in [-0.39, 0.29) is 16.9 Å². The first kappa shape index (κ1) is 15.2. The fourth-order valence-electron chi connectivity index (χ4n) is 2.38. The molecule has 0 aromatic carbocycles. The van der Waals surface area contributed by atoms with Gasteiger partial charge in [0.2, 0.25) is 10.0 Å². The van der Waals surface area contributed by atoms with Crippen molar-refractivity contribution in [2.45, 2.75) is 44.0 Å². The lowest BCUT2D eigenvalue weighted by atomic mass is 9.97. The molecule has 2 aromatic heterocycles. The molecule has 0 fully saturated rings. The fraction of sp³-hybridized carbons (Fsp3) is 0.571. The van der Waals surface area contributed by atoms with E-state index in [4.69, 9.17) is 4.42 Å². The number of hydrogen-bond donors (Lipinski definition) is 0. The molecule has 0 aliphatic carbocycles. The summed E-state index contributed by atoms with van der Waals surface area (Å²) in [6, 6.07) is 0. The highest BCUT2D eigenvalue weighted by atomic mass is 32.2. The second-order valence-electron chi connectivity index (χ2n) is 6.58.